The summed E-state index contributed by atoms with van der Waals surface area (Å²) in [6, 6.07) is 11.7. The maximum atomic E-state index is 5.40. The van der Waals surface area contributed by atoms with Crippen LogP contribution in [0.1, 0.15) is 32.3 Å². The maximum absolute atomic E-state index is 5.40. The van der Waals surface area contributed by atoms with Gasteiger partial charge in [-0.05, 0) is 19.4 Å². The van der Waals surface area contributed by atoms with Gasteiger partial charge in [-0.2, -0.15) is 5.10 Å². The molecule has 1 aliphatic rings. The predicted molar refractivity (Wildman–Crippen MR) is 71.8 cm³/mol. The molecule has 2 rings (SSSR count). The first-order valence-electron chi connectivity index (χ1n) is 6.26. The van der Waals surface area contributed by atoms with Crippen molar-refractivity contribution in [2.45, 2.75) is 45.3 Å². The molecule has 0 saturated carbocycles. The number of piperidine rings is 1. The highest BCUT2D eigenvalue weighted by Crippen LogP contribution is 2.23. The van der Waals surface area contributed by atoms with E-state index in [1.165, 1.54) is 5.56 Å². The van der Waals surface area contributed by atoms with Gasteiger partial charge in [0.05, 0.1) is 0 Å². The molecule has 3 nitrogen and oxygen atoms in total. The van der Waals surface area contributed by atoms with E-state index >= 15 is 0 Å². The van der Waals surface area contributed by atoms with E-state index < -0.39 is 0 Å². The zero-order chi connectivity index (χ0) is 12.3. The van der Waals surface area contributed by atoms with E-state index in [9.17, 15) is 0 Å². The Balaban J connectivity index is 2.06. The average molecular weight is 231 g/mol. The Morgan fingerprint density at radius 2 is 1.76 bits per heavy atom. The molecule has 0 radical (unpaired) electrons. The van der Waals surface area contributed by atoms with E-state index in [4.69, 9.17) is 5.84 Å². The third kappa shape index (κ3) is 2.86. The molecule has 0 amide bonds. The van der Waals surface area contributed by atoms with Crippen LogP contribution in [0.3, 0.4) is 0 Å². The standard InChI is InChI=1S/C14H21N3/c1-11-8-14(16-15)9-12(2)17(11)10-13-6-4-3-5-7-13/h3-7,11-12H,8-10,15H2,1-2H3/t11-,12+. The minimum atomic E-state index is 0.515. The number of hydrazone groups is 1. The van der Waals surface area contributed by atoms with Gasteiger partial charge in [0.2, 0.25) is 0 Å². The van der Waals surface area contributed by atoms with Gasteiger partial charge >= 0.3 is 0 Å². The molecular formula is C14H21N3. The van der Waals surface area contributed by atoms with E-state index in [0.717, 1.165) is 25.1 Å². The second-order valence-electron chi connectivity index (χ2n) is 4.96. The molecule has 1 fully saturated rings. The number of benzene rings is 1. The number of nitrogens with zero attached hydrogens (tertiary/aromatic N) is 2. The van der Waals surface area contributed by atoms with Gasteiger partial charge in [0.1, 0.15) is 0 Å². The Kier molecular flexibility index (Phi) is 3.79. The highest BCUT2D eigenvalue weighted by molar-refractivity contribution is 5.86. The number of hydrogen-bond acceptors (Lipinski definition) is 3. The minimum absolute atomic E-state index is 0.515. The van der Waals surface area contributed by atoms with Crippen LogP contribution in [0.25, 0.3) is 0 Å². The van der Waals surface area contributed by atoms with Crippen LogP contribution >= 0.6 is 0 Å². The summed E-state index contributed by atoms with van der Waals surface area (Å²) < 4.78 is 0. The van der Waals surface area contributed by atoms with E-state index in [1.54, 1.807) is 0 Å². The Labute approximate surface area is 103 Å². The third-order valence-corrected chi connectivity index (χ3v) is 3.58. The molecule has 3 heteroatoms. The van der Waals surface area contributed by atoms with Gasteiger partial charge in [-0.15, -0.1) is 0 Å². The van der Waals surface area contributed by atoms with Crippen LogP contribution < -0.4 is 5.84 Å². The van der Waals surface area contributed by atoms with Gasteiger partial charge in [0, 0.05) is 37.2 Å². The van der Waals surface area contributed by atoms with Crippen molar-refractivity contribution in [3.63, 3.8) is 0 Å². The highest BCUT2D eigenvalue weighted by atomic mass is 15.2. The minimum Gasteiger partial charge on any atom is -0.323 e. The summed E-state index contributed by atoms with van der Waals surface area (Å²) in [6.07, 6.45) is 1.99. The molecule has 1 aliphatic heterocycles. The van der Waals surface area contributed by atoms with Crippen molar-refractivity contribution < 1.29 is 0 Å². The van der Waals surface area contributed by atoms with Crippen molar-refractivity contribution in [1.29, 1.82) is 0 Å². The molecule has 17 heavy (non-hydrogen) atoms. The summed E-state index contributed by atoms with van der Waals surface area (Å²) in [4.78, 5) is 2.53. The highest BCUT2D eigenvalue weighted by Gasteiger charge is 2.28. The summed E-state index contributed by atoms with van der Waals surface area (Å²) in [5, 5.41) is 3.88. The Bertz CT molecular complexity index is 372. The molecule has 2 N–H and O–H groups in total. The van der Waals surface area contributed by atoms with E-state index in [-0.39, 0.29) is 0 Å². The van der Waals surface area contributed by atoms with E-state index in [0.29, 0.717) is 12.1 Å². The van der Waals surface area contributed by atoms with Crippen molar-refractivity contribution in [2.75, 3.05) is 0 Å². The first-order valence-corrected chi connectivity index (χ1v) is 6.26. The molecular weight excluding hydrogens is 210 g/mol. The second-order valence-corrected chi connectivity index (χ2v) is 4.96. The van der Waals surface area contributed by atoms with Gasteiger partial charge in [0.25, 0.3) is 0 Å². The summed E-state index contributed by atoms with van der Waals surface area (Å²) in [6.45, 7) is 5.52. The lowest BCUT2D eigenvalue weighted by atomic mass is 9.95. The first kappa shape index (κ1) is 12.1. The molecule has 1 saturated heterocycles. The predicted octanol–water partition coefficient (Wildman–Crippen LogP) is 2.37. The molecule has 92 valence electrons. The Hall–Kier alpha value is -1.35. The normalized spacial score (nSPS) is 28.5. The van der Waals surface area contributed by atoms with Crippen LogP contribution in [0.2, 0.25) is 0 Å². The summed E-state index contributed by atoms with van der Waals surface area (Å²) >= 11 is 0. The molecule has 0 bridgehead atoms. The van der Waals surface area contributed by atoms with Crippen LogP contribution in [-0.4, -0.2) is 22.7 Å². The molecule has 0 aliphatic carbocycles. The summed E-state index contributed by atoms with van der Waals surface area (Å²) in [5.74, 6) is 5.40. The van der Waals surface area contributed by atoms with Crippen LogP contribution in [0, 0.1) is 0 Å². The van der Waals surface area contributed by atoms with Gasteiger partial charge < -0.3 is 5.84 Å². The topological polar surface area (TPSA) is 41.6 Å². The monoisotopic (exact) mass is 231 g/mol. The fraction of sp³-hybridized carbons (Fsp3) is 0.500. The quantitative estimate of drug-likeness (QED) is 0.627. The average Bonchev–Trinajstić information content (AvgIpc) is 2.35. The van der Waals surface area contributed by atoms with Crippen LogP contribution in [-0.2, 0) is 6.54 Å². The zero-order valence-electron chi connectivity index (χ0n) is 10.6. The fourth-order valence-electron chi connectivity index (χ4n) is 2.65. The molecule has 1 aromatic rings. The number of hydrogen-bond donors (Lipinski definition) is 1. The van der Waals surface area contributed by atoms with Crippen molar-refractivity contribution in [3.8, 4) is 0 Å². The van der Waals surface area contributed by atoms with Crippen LogP contribution in [0.5, 0.6) is 0 Å². The van der Waals surface area contributed by atoms with E-state index in [2.05, 4.69) is 54.2 Å². The fourth-order valence-corrected chi connectivity index (χ4v) is 2.65. The van der Waals surface area contributed by atoms with Gasteiger partial charge in [0.15, 0.2) is 0 Å². The molecule has 0 aromatic heterocycles. The number of likely N-dealkylation sites (tertiary alicyclic amines) is 1. The lowest BCUT2D eigenvalue weighted by molar-refractivity contribution is 0.136. The van der Waals surface area contributed by atoms with Crippen molar-refractivity contribution >= 4 is 5.71 Å². The largest absolute Gasteiger partial charge is 0.323 e. The SMILES string of the molecule is C[C@@H]1CC(=NN)C[C@H](C)N1Cc1ccccc1. The van der Waals surface area contributed by atoms with Crippen molar-refractivity contribution in [2.24, 2.45) is 10.9 Å². The number of rotatable bonds is 2. The van der Waals surface area contributed by atoms with Crippen molar-refractivity contribution in [3.05, 3.63) is 35.9 Å². The maximum Gasteiger partial charge on any atom is 0.0406 e. The molecule has 0 spiro atoms. The summed E-state index contributed by atoms with van der Waals surface area (Å²) in [5.41, 5.74) is 2.52. The second kappa shape index (κ2) is 5.32. The van der Waals surface area contributed by atoms with Crippen molar-refractivity contribution in [1.82, 2.24) is 4.90 Å². The lowest BCUT2D eigenvalue weighted by Crippen LogP contribution is -2.46. The van der Waals surface area contributed by atoms with Gasteiger partial charge in [-0.25, -0.2) is 0 Å². The van der Waals surface area contributed by atoms with Gasteiger partial charge in [-0.1, -0.05) is 30.3 Å². The summed E-state index contributed by atoms with van der Waals surface area (Å²) in [7, 11) is 0. The molecule has 1 heterocycles. The lowest BCUT2D eigenvalue weighted by Gasteiger charge is -2.39. The molecule has 1 aromatic carbocycles. The van der Waals surface area contributed by atoms with Crippen LogP contribution in [0.15, 0.2) is 35.4 Å². The molecule has 2 atom stereocenters. The smallest absolute Gasteiger partial charge is 0.0406 e. The Morgan fingerprint density at radius 3 is 2.29 bits per heavy atom. The Morgan fingerprint density at radius 1 is 1.18 bits per heavy atom. The van der Waals surface area contributed by atoms with Gasteiger partial charge in [-0.3, -0.25) is 4.90 Å². The third-order valence-electron chi connectivity index (χ3n) is 3.58. The first-order chi connectivity index (χ1) is 8.20. The van der Waals surface area contributed by atoms with Crippen LogP contribution in [0.4, 0.5) is 0 Å². The molecule has 0 unspecified atom stereocenters. The van der Waals surface area contributed by atoms with E-state index in [1.807, 2.05) is 0 Å². The number of nitrogens with two attached hydrogens (primary N) is 1. The zero-order valence-corrected chi connectivity index (χ0v) is 10.6.